The molecule has 2 bridgehead atoms. The van der Waals surface area contributed by atoms with Crippen molar-refractivity contribution in [3.63, 3.8) is 0 Å². The van der Waals surface area contributed by atoms with Crippen molar-refractivity contribution in [1.29, 1.82) is 0 Å². The molecule has 0 aromatic heterocycles. The molecule has 5 heteroatoms. The van der Waals surface area contributed by atoms with Crippen LogP contribution < -0.4 is 0 Å². The monoisotopic (exact) mass is 472 g/mol. The summed E-state index contributed by atoms with van der Waals surface area (Å²) in [7, 11) is 0. The summed E-state index contributed by atoms with van der Waals surface area (Å²) in [6.07, 6.45) is 9.21. The van der Waals surface area contributed by atoms with Crippen LogP contribution in [0.4, 0.5) is 0 Å². The van der Waals surface area contributed by atoms with Crippen LogP contribution in [-0.4, -0.2) is 35.4 Å². The number of aliphatic hydroxyl groups is 1. The summed E-state index contributed by atoms with van der Waals surface area (Å²) < 4.78 is 12.2. The molecule has 7 aliphatic rings. The van der Waals surface area contributed by atoms with Gasteiger partial charge in [0.1, 0.15) is 0 Å². The Hall–Kier alpha value is -0.910. The third kappa shape index (κ3) is 2.37. The van der Waals surface area contributed by atoms with Gasteiger partial charge in [0.2, 0.25) is 0 Å². The van der Waals surface area contributed by atoms with Gasteiger partial charge in [-0.3, -0.25) is 4.79 Å². The third-order valence-corrected chi connectivity index (χ3v) is 13.2. The van der Waals surface area contributed by atoms with Crippen LogP contribution in [0.5, 0.6) is 0 Å². The molecule has 0 amide bonds. The van der Waals surface area contributed by atoms with Crippen LogP contribution in [0.15, 0.2) is 11.6 Å². The average Bonchev–Trinajstić information content (AvgIpc) is 2.77. The van der Waals surface area contributed by atoms with Gasteiger partial charge in [0, 0.05) is 10.8 Å². The SMILES string of the molecule is C[C@H]1[C@H](C)CC[C@]2(C(=O)O)CC[C@]3(C)C(=CC[C@@H]4C56COC(O)(OC5)C(C)(C)[C@@H]6CC[C@]43C)[C@H]12. The number of carbonyl (C=O) groups is 1. The van der Waals surface area contributed by atoms with E-state index in [9.17, 15) is 15.0 Å². The van der Waals surface area contributed by atoms with E-state index < -0.39 is 22.8 Å². The molecule has 7 rings (SSSR count). The van der Waals surface area contributed by atoms with Crippen molar-refractivity contribution < 1.29 is 24.5 Å². The molecule has 0 unspecified atom stereocenters. The van der Waals surface area contributed by atoms with Crippen molar-refractivity contribution >= 4 is 5.97 Å². The average molecular weight is 473 g/mol. The molecule has 3 aliphatic heterocycles. The standard InChI is InChI=1S/C29H44O5/c1-17-9-12-27(23(30)31)14-13-25(5)19(22(27)18(17)2)7-8-21-26(25,6)11-10-20-24(3,4)29(32)33-15-28(20,21)16-34-29/h7,17-18,20-22,32H,8-16H2,1-6H3,(H,30,31)/t17-,18+,20+,21+,22+,25-,26-,27+,28?,29?/m1/s1. The number of carboxylic acid groups (broad SMARTS) is 1. The number of hydrogen-bond acceptors (Lipinski definition) is 4. The molecule has 3 heterocycles. The zero-order chi connectivity index (χ0) is 24.5. The molecular formula is C29H44O5. The molecule has 0 aromatic carbocycles. The van der Waals surface area contributed by atoms with Crippen LogP contribution in [-0.2, 0) is 14.3 Å². The lowest BCUT2D eigenvalue weighted by atomic mass is 9.34. The fourth-order valence-electron chi connectivity index (χ4n) is 10.7. The quantitative estimate of drug-likeness (QED) is 0.484. The summed E-state index contributed by atoms with van der Waals surface area (Å²) in [5.74, 6) is -0.215. The third-order valence-electron chi connectivity index (χ3n) is 13.2. The summed E-state index contributed by atoms with van der Waals surface area (Å²) in [6.45, 7) is 15.0. The van der Waals surface area contributed by atoms with E-state index >= 15 is 0 Å². The normalized spacial score (nSPS) is 57.5. The molecule has 2 N–H and O–H groups in total. The summed E-state index contributed by atoms with van der Waals surface area (Å²) >= 11 is 0. The Morgan fingerprint density at radius 3 is 2.29 bits per heavy atom. The first-order valence-corrected chi connectivity index (χ1v) is 13.7. The Labute approximate surface area is 204 Å². The molecule has 1 spiro atoms. The predicted octanol–water partition coefficient (Wildman–Crippen LogP) is 5.62. The minimum absolute atomic E-state index is 0.0140. The topological polar surface area (TPSA) is 76.0 Å². The maximum Gasteiger partial charge on any atom is 0.310 e. The Morgan fingerprint density at radius 1 is 0.971 bits per heavy atom. The largest absolute Gasteiger partial charge is 0.481 e. The van der Waals surface area contributed by atoms with Crippen LogP contribution in [0.3, 0.4) is 0 Å². The first-order chi connectivity index (χ1) is 15.8. The van der Waals surface area contributed by atoms with Gasteiger partial charge in [-0.15, -0.1) is 0 Å². The van der Waals surface area contributed by atoms with Gasteiger partial charge in [-0.05, 0) is 85.4 Å². The van der Waals surface area contributed by atoms with E-state index in [1.807, 2.05) is 0 Å². The van der Waals surface area contributed by atoms with Crippen LogP contribution in [0, 0.1) is 56.7 Å². The van der Waals surface area contributed by atoms with Crippen LogP contribution >= 0.6 is 0 Å². The van der Waals surface area contributed by atoms with Gasteiger partial charge in [-0.1, -0.05) is 53.2 Å². The number of allylic oxidation sites excluding steroid dienone is 2. The number of fused-ring (bicyclic) bond motifs is 7. The second-order valence-electron chi connectivity index (χ2n) is 14.2. The minimum atomic E-state index is -1.48. The highest BCUT2D eigenvalue weighted by Crippen LogP contribution is 2.76. The second kappa shape index (κ2) is 6.69. The fourth-order valence-corrected chi connectivity index (χ4v) is 10.7. The van der Waals surface area contributed by atoms with Gasteiger partial charge < -0.3 is 19.7 Å². The molecule has 34 heavy (non-hydrogen) atoms. The molecule has 8 atom stereocenters. The van der Waals surface area contributed by atoms with E-state index in [-0.39, 0.29) is 22.2 Å². The van der Waals surface area contributed by atoms with Gasteiger partial charge in [0.05, 0.1) is 18.6 Å². The van der Waals surface area contributed by atoms with Crippen LogP contribution in [0.25, 0.3) is 0 Å². The lowest BCUT2D eigenvalue weighted by Gasteiger charge is -2.74. The summed E-state index contributed by atoms with van der Waals surface area (Å²) in [5.41, 5.74) is 0.357. The van der Waals surface area contributed by atoms with Gasteiger partial charge in [0.15, 0.2) is 0 Å². The molecule has 4 aliphatic carbocycles. The van der Waals surface area contributed by atoms with Crippen molar-refractivity contribution in [1.82, 2.24) is 0 Å². The zero-order valence-corrected chi connectivity index (χ0v) is 21.9. The van der Waals surface area contributed by atoms with E-state index in [0.717, 1.165) is 44.9 Å². The number of carboxylic acids is 1. The molecule has 0 radical (unpaired) electrons. The zero-order valence-electron chi connectivity index (χ0n) is 21.9. The molecule has 3 saturated heterocycles. The Bertz CT molecular complexity index is 944. The molecule has 6 fully saturated rings. The minimum Gasteiger partial charge on any atom is -0.481 e. The maximum absolute atomic E-state index is 12.8. The van der Waals surface area contributed by atoms with Crippen LogP contribution in [0.2, 0.25) is 0 Å². The highest BCUT2D eigenvalue weighted by atomic mass is 16.8. The number of ether oxygens (including phenoxy) is 2. The summed E-state index contributed by atoms with van der Waals surface area (Å²) in [6, 6.07) is 0. The molecular weight excluding hydrogens is 428 g/mol. The van der Waals surface area contributed by atoms with Gasteiger partial charge >= 0.3 is 5.97 Å². The van der Waals surface area contributed by atoms with Crippen molar-refractivity contribution in [2.45, 2.75) is 92.5 Å². The van der Waals surface area contributed by atoms with E-state index in [0.29, 0.717) is 36.9 Å². The van der Waals surface area contributed by atoms with Crippen LogP contribution in [0.1, 0.15) is 86.5 Å². The number of hydrogen-bond donors (Lipinski definition) is 2. The van der Waals surface area contributed by atoms with Gasteiger partial charge in [-0.25, -0.2) is 0 Å². The van der Waals surface area contributed by atoms with E-state index in [2.05, 4.69) is 47.6 Å². The summed E-state index contributed by atoms with van der Waals surface area (Å²) in [5, 5.41) is 21.7. The molecule has 0 aromatic rings. The Balaban J connectivity index is 1.47. The van der Waals surface area contributed by atoms with Crippen molar-refractivity contribution in [3.05, 3.63) is 11.6 Å². The van der Waals surface area contributed by atoms with Crippen molar-refractivity contribution in [3.8, 4) is 0 Å². The lowest BCUT2D eigenvalue weighted by Crippen LogP contribution is -2.75. The molecule has 5 nitrogen and oxygen atoms in total. The first kappa shape index (κ1) is 23.5. The Morgan fingerprint density at radius 2 is 1.65 bits per heavy atom. The highest BCUT2D eigenvalue weighted by molar-refractivity contribution is 5.76. The van der Waals surface area contributed by atoms with Gasteiger partial charge in [0.25, 0.3) is 5.97 Å². The molecule has 3 saturated carbocycles. The lowest BCUT2D eigenvalue weighted by molar-refractivity contribution is -0.508. The first-order valence-electron chi connectivity index (χ1n) is 13.7. The Kier molecular flexibility index (Phi) is 4.62. The van der Waals surface area contributed by atoms with Gasteiger partial charge in [-0.2, -0.15) is 0 Å². The summed E-state index contributed by atoms with van der Waals surface area (Å²) in [4.78, 5) is 12.8. The number of rotatable bonds is 1. The molecule has 190 valence electrons. The predicted molar refractivity (Wildman–Crippen MR) is 129 cm³/mol. The van der Waals surface area contributed by atoms with E-state index in [4.69, 9.17) is 9.47 Å². The van der Waals surface area contributed by atoms with E-state index in [1.54, 1.807) is 0 Å². The smallest absolute Gasteiger partial charge is 0.310 e. The fraction of sp³-hybridized carbons (Fsp3) is 0.897. The number of aliphatic carboxylic acids is 1. The van der Waals surface area contributed by atoms with Crippen molar-refractivity contribution in [2.24, 2.45) is 56.7 Å². The highest BCUT2D eigenvalue weighted by Gasteiger charge is 2.75. The maximum atomic E-state index is 12.8. The van der Waals surface area contributed by atoms with Crippen molar-refractivity contribution in [2.75, 3.05) is 13.2 Å². The second-order valence-corrected chi connectivity index (χ2v) is 14.2. The van der Waals surface area contributed by atoms with E-state index in [1.165, 1.54) is 5.57 Å².